The quantitative estimate of drug-likeness (QED) is 0.617. The SMILES string of the molecule is CC(C)(C)[Si](C)(C)ONc1ccccc1. The number of anilines is 1. The average molecular weight is 223 g/mol. The predicted molar refractivity (Wildman–Crippen MR) is 68.3 cm³/mol. The maximum absolute atomic E-state index is 5.87. The lowest BCUT2D eigenvalue weighted by Gasteiger charge is -2.35. The molecule has 0 saturated heterocycles. The summed E-state index contributed by atoms with van der Waals surface area (Å²) in [6.45, 7) is 11.1. The largest absolute Gasteiger partial charge is 0.322 e. The molecule has 0 unspecified atom stereocenters. The van der Waals surface area contributed by atoms with Crippen molar-refractivity contribution in [2.75, 3.05) is 5.48 Å². The van der Waals surface area contributed by atoms with E-state index in [4.69, 9.17) is 4.53 Å². The van der Waals surface area contributed by atoms with E-state index in [0.717, 1.165) is 5.69 Å². The second-order valence-electron chi connectivity index (χ2n) is 5.33. The Morgan fingerprint density at radius 2 is 1.60 bits per heavy atom. The normalized spacial score (nSPS) is 12.6. The summed E-state index contributed by atoms with van der Waals surface area (Å²) in [5.41, 5.74) is 4.07. The van der Waals surface area contributed by atoms with E-state index in [9.17, 15) is 0 Å². The van der Waals surface area contributed by atoms with Gasteiger partial charge in [0, 0.05) is 0 Å². The van der Waals surface area contributed by atoms with Gasteiger partial charge in [-0.1, -0.05) is 39.0 Å². The van der Waals surface area contributed by atoms with Gasteiger partial charge in [0.05, 0.1) is 5.69 Å². The predicted octanol–water partition coefficient (Wildman–Crippen LogP) is 4.04. The van der Waals surface area contributed by atoms with Crippen LogP contribution in [0.5, 0.6) is 0 Å². The smallest absolute Gasteiger partial charge is 0.228 e. The maximum Gasteiger partial charge on any atom is 0.228 e. The zero-order valence-corrected chi connectivity index (χ0v) is 11.3. The number of rotatable bonds is 3. The first-order chi connectivity index (χ1) is 6.83. The van der Waals surface area contributed by atoms with Gasteiger partial charge in [-0.25, -0.2) is 0 Å². The van der Waals surface area contributed by atoms with E-state index in [-0.39, 0.29) is 5.04 Å². The fourth-order valence-corrected chi connectivity index (χ4v) is 1.52. The van der Waals surface area contributed by atoms with Gasteiger partial charge in [0.2, 0.25) is 8.32 Å². The van der Waals surface area contributed by atoms with Crippen molar-refractivity contribution in [1.29, 1.82) is 0 Å². The summed E-state index contributed by atoms with van der Waals surface area (Å²) < 4.78 is 5.87. The molecule has 0 aliphatic rings. The van der Waals surface area contributed by atoms with Crippen molar-refractivity contribution in [3.63, 3.8) is 0 Å². The minimum absolute atomic E-state index is 0.231. The molecule has 0 atom stereocenters. The molecule has 0 radical (unpaired) electrons. The van der Waals surface area contributed by atoms with Gasteiger partial charge in [-0.05, 0) is 30.3 Å². The number of para-hydroxylation sites is 1. The van der Waals surface area contributed by atoms with E-state index in [0.29, 0.717) is 0 Å². The zero-order chi connectivity index (χ0) is 11.5. The van der Waals surface area contributed by atoms with E-state index in [1.54, 1.807) is 0 Å². The van der Waals surface area contributed by atoms with Gasteiger partial charge in [0.1, 0.15) is 0 Å². The molecule has 0 spiro atoms. The third-order valence-electron chi connectivity index (χ3n) is 3.00. The number of hydrogen-bond acceptors (Lipinski definition) is 2. The van der Waals surface area contributed by atoms with Crippen molar-refractivity contribution in [2.24, 2.45) is 0 Å². The van der Waals surface area contributed by atoms with Crippen LogP contribution in [0.4, 0.5) is 5.69 Å². The van der Waals surface area contributed by atoms with Gasteiger partial charge >= 0.3 is 0 Å². The fraction of sp³-hybridized carbons (Fsp3) is 0.500. The van der Waals surface area contributed by atoms with Crippen LogP contribution >= 0.6 is 0 Å². The molecule has 84 valence electrons. The Morgan fingerprint density at radius 3 is 2.07 bits per heavy atom. The summed E-state index contributed by atoms with van der Waals surface area (Å²) in [5, 5.41) is 0.231. The molecular weight excluding hydrogens is 202 g/mol. The summed E-state index contributed by atoms with van der Waals surface area (Å²) in [6.07, 6.45) is 0. The van der Waals surface area contributed by atoms with Crippen molar-refractivity contribution in [3.05, 3.63) is 30.3 Å². The Hall–Kier alpha value is -0.803. The lowest BCUT2D eigenvalue weighted by molar-refractivity contribution is 0.365. The van der Waals surface area contributed by atoms with E-state index < -0.39 is 8.32 Å². The Morgan fingerprint density at radius 1 is 1.07 bits per heavy atom. The van der Waals surface area contributed by atoms with Crippen molar-refractivity contribution in [1.82, 2.24) is 0 Å². The van der Waals surface area contributed by atoms with Gasteiger partial charge in [0.25, 0.3) is 0 Å². The van der Waals surface area contributed by atoms with Gasteiger partial charge in [-0.2, -0.15) is 0 Å². The topological polar surface area (TPSA) is 21.3 Å². The second kappa shape index (κ2) is 4.37. The second-order valence-corrected chi connectivity index (χ2v) is 10.1. The highest BCUT2D eigenvalue weighted by Crippen LogP contribution is 2.36. The Balaban J connectivity index is 2.58. The Bertz CT molecular complexity index is 303. The molecule has 0 heterocycles. The van der Waals surface area contributed by atoms with Gasteiger partial charge in [-0.3, -0.25) is 5.48 Å². The average Bonchev–Trinajstić information content (AvgIpc) is 2.15. The summed E-state index contributed by atoms with van der Waals surface area (Å²) in [6, 6.07) is 10.0. The number of nitrogens with one attached hydrogen (secondary N) is 1. The molecule has 1 rings (SSSR count). The molecule has 0 amide bonds. The highest BCUT2D eigenvalue weighted by Gasteiger charge is 2.38. The molecule has 1 aromatic rings. The zero-order valence-electron chi connectivity index (χ0n) is 10.3. The van der Waals surface area contributed by atoms with Crippen LogP contribution in [0.2, 0.25) is 18.1 Å². The van der Waals surface area contributed by atoms with Crippen molar-refractivity contribution >= 4 is 14.0 Å². The first kappa shape index (κ1) is 12.3. The van der Waals surface area contributed by atoms with Crippen LogP contribution in [0.15, 0.2) is 30.3 Å². The summed E-state index contributed by atoms with van der Waals surface area (Å²) >= 11 is 0. The molecule has 0 fully saturated rings. The van der Waals surface area contributed by atoms with Gasteiger partial charge in [0.15, 0.2) is 0 Å². The van der Waals surface area contributed by atoms with Gasteiger partial charge < -0.3 is 4.53 Å². The van der Waals surface area contributed by atoms with Crippen molar-refractivity contribution in [2.45, 2.75) is 38.9 Å². The van der Waals surface area contributed by atoms with Crippen LogP contribution in [0.3, 0.4) is 0 Å². The van der Waals surface area contributed by atoms with Crippen molar-refractivity contribution < 1.29 is 4.53 Å². The Labute approximate surface area is 93.7 Å². The van der Waals surface area contributed by atoms with E-state index >= 15 is 0 Å². The summed E-state index contributed by atoms with van der Waals surface area (Å²) in [5.74, 6) is 0. The number of hydrogen-bond donors (Lipinski definition) is 1. The van der Waals surface area contributed by atoms with E-state index in [1.165, 1.54) is 0 Å². The number of benzene rings is 1. The third-order valence-corrected chi connectivity index (χ3v) is 7.23. The highest BCUT2D eigenvalue weighted by atomic mass is 28.4. The summed E-state index contributed by atoms with van der Waals surface area (Å²) in [7, 11) is -1.70. The molecule has 1 N–H and O–H groups in total. The molecule has 0 aromatic heterocycles. The molecule has 2 nitrogen and oxygen atoms in total. The molecule has 0 aliphatic carbocycles. The molecular formula is C12H21NOSi. The minimum Gasteiger partial charge on any atom is -0.322 e. The third kappa shape index (κ3) is 3.36. The monoisotopic (exact) mass is 223 g/mol. The van der Waals surface area contributed by atoms with Crippen LogP contribution in [-0.2, 0) is 4.53 Å². The van der Waals surface area contributed by atoms with E-state index in [2.05, 4.69) is 39.3 Å². The lowest BCUT2D eigenvalue weighted by atomic mass is 10.2. The molecule has 0 aliphatic heterocycles. The maximum atomic E-state index is 5.87. The van der Waals surface area contributed by atoms with Crippen molar-refractivity contribution in [3.8, 4) is 0 Å². The van der Waals surface area contributed by atoms with Crippen LogP contribution in [-0.4, -0.2) is 8.32 Å². The molecule has 3 heteroatoms. The van der Waals surface area contributed by atoms with Crippen LogP contribution in [0, 0.1) is 0 Å². The molecule has 0 bridgehead atoms. The summed E-state index contributed by atoms with van der Waals surface area (Å²) in [4.78, 5) is 0. The van der Waals surface area contributed by atoms with Gasteiger partial charge in [-0.15, -0.1) is 0 Å². The standard InChI is InChI=1S/C12H21NOSi/c1-12(2,3)15(4,5)14-13-11-9-7-6-8-10-11/h6-10,13H,1-5H3. The minimum atomic E-state index is -1.70. The molecule has 15 heavy (non-hydrogen) atoms. The first-order valence-corrected chi connectivity index (χ1v) is 8.23. The lowest BCUT2D eigenvalue weighted by Crippen LogP contribution is -2.42. The van der Waals surface area contributed by atoms with E-state index in [1.807, 2.05) is 30.3 Å². The fourth-order valence-electron chi connectivity index (χ4n) is 0.846. The van der Waals surface area contributed by atoms with Crippen LogP contribution in [0.1, 0.15) is 20.8 Å². The van der Waals surface area contributed by atoms with Crippen LogP contribution < -0.4 is 5.48 Å². The first-order valence-electron chi connectivity index (χ1n) is 5.32. The molecule has 0 saturated carbocycles. The molecule has 1 aromatic carbocycles. The highest BCUT2D eigenvalue weighted by molar-refractivity contribution is 6.74. The Kier molecular flexibility index (Phi) is 3.57. The van der Waals surface area contributed by atoms with Crippen LogP contribution in [0.25, 0.3) is 0 Å².